The first-order valence-electron chi connectivity index (χ1n) is 9.19. The third kappa shape index (κ3) is 2.95. The summed E-state index contributed by atoms with van der Waals surface area (Å²) >= 11 is 0. The Hall–Kier alpha value is -1.80. The molecule has 0 amide bonds. The van der Waals surface area contributed by atoms with Crippen LogP contribution in [-0.4, -0.2) is 19.3 Å². The summed E-state index contributed by atoms with van der Waals surface area (Å²) in [6, 6.07) is 11.2. The lowest BCUT2D eigenvalue weighted by Gasteiger charge is -2.24. The summed E-state index contributed by atoms with van der Waals surface area (Å²) in [5, 5.41) is 0. The summed E-state index contributed by atoms with van der Waals surface area (Å²) in [5.74, 6) is 1.01. The van der Waals surface area contributed by atoms with E-state index in [0.29, 0.717) is 6.10 Å². The molecule has 0 aromatic heterocycles. The fourth-order valence-electron chi connectivity index (χ4n) is 4.26. The Kier molecular flexibility index (Phi) is 4.32. The average molecular weight is 322 g/mol. The molecular formula is C22H26O2. The average Bonchev–Trinajstić information content (AvgIpc) is 3.04. The minimum absolute atomic E-state index is 0.296. The molecule has 0 N–H and O–H groups in total. The Labute approximate surface area is 144 Å². The molecule has 1 saturated heterocycles. The number of rotatable bonds is 3. The van der Waals surface area contributed by atoms with Crippen LogP contribution in [0.2, 0.25) is 0 Å². The van der Waals surface area contributed by atoms with Gasteiger partial charge in [0, 0.05) is 12.8 Å². The zero-order valence-electron chi connectivity index (χ0n) is 14.7. The van der Waals surface area contributed by atoms with Crippen LogP contribution in [0, 0.1) is 13.8 Å². The molecule has 1 heterocycles. The predicted octanol–water partition coefficient (Wildman–Crippen LogP) is 5.02. The molecule has 2 nitrogen and oxygen atoms in total. The van der Waals surface area contributed by atoms with E-state index in [2.05, 4.69) is 44.2 Å². The van der Waals surface area contributed by atoms with Crippen molar-refractivity contribution in [3.05, 3.63) is 52.6 Å². The van der Waals surface area contributed by atoms with Crippen LogP contribution in [0.4, 0.5) is 0 Å². The van der Waals surface area contributed by atoms with Crippen LogP contribution in [0.1, 0.15) is 41.5 Å². The lowest BCUT2D eigenvalue weighted by atomic mass is 9.90. The van der Waals surface area contributed by atoms with Crippen molar-refractivity contribution in [1.29, 1.82) is 0 Å². The van der Waals surface area contributed by atoms with Gasteiger partial charge in [0.25, 0.3) is 0 Å². The quantitative estimate of drug-likeness (QED) is 0.790. The lowest BCUT2D eigenvalue weighted by molar-refractivity contribution is 0.0255. The van der Waals surface area contributed by atoms with Crippen molar-refractivity contribution >= 4 is 0 Å². The van der Waals surface area contributed by atoms with Crippen molar-refractivity contribution in [2.75, 3.05) is 13.2 Å². The number of ether oxygens (including phenoxy) is 2. The Morgan fingerprint density at radius 1 is 1.00 bits per heavy atom. The second-order valence-electron chi connectivity index (χ2n) is 7.16. The van der Waals surface area contributed by atoms with E-state index in [1.807, 2.05) is 0 Å². The van der Waals surface area contributed by atoms with Crippen molar-refractivity contribution in [2.45, 2.75) is 52.1 Å². The van der Waals surface area contributed by atoms with Crippen LogP contribution < -0.4 is 4.74 Å². The highest BCUT2D eigenvalue weighted by atomic mass is 16.5. The van der Waals surface area contributed by atoms with E-state index >= 15 is 0 Å². The molecule has 2 heteroatoms. The summed E-state index contributed by atoms with van der Waals surface area (Å²) in [6.45, 7) is 6.06. The van der Waals surface area contributed by atoms with Crippen molar-refractivity contribution in [3.8, 4) is 16.9 Å². The van der Waals surface area contributed by atoms with Crippen LogP contribution in [-0.2, 0) is 17.6 Å². The van der Waals surface area contributed by atoms with Crippen LogP contribution >= 0.6 is 0 Å². The fraction of sp³-hybridized carbons (Fsp3) is 0.455. The molecule has 0 saturated carbocycles. The normalized spacial score (nSPS) is 17.8. The third-order valence-corrected chi connectivity index (χ3v) is 5.39. The van der Waals surface area contributed by atoms with Gasteiger partial charge in [-0.25, -0.2) is 0 Å². The summed E-state index contributed by atoms with van der Waals surface area (Å²) in [5.41, 5.74) is 8.55. The second-order valence-corrected chi connectivity index (χ2v) is 7.16. The van der Waals surface area contributed by atoms with Gasteiger partial charge in [0.15, 0.2) is 0 Å². The van der Waals surface area contributed by atoms with Gasteiger partial charge in [-0.2, -0.15) is 0 Å². The van der Waals surface area contributed by atoms with E-state index in [0.717, 1.165) is 31.8 Å². The largest absolute Gasteiger partial charge is 0.490 e. The van der Waals surface area contributed by atoms with Crippen molar-refractivity contribution < 1.29 is 9.47 Å². The third-order valence-electron chi connectivity index (χ3n) is 5.39. The van der Waals surface area contributed by atoms with Gasteiger partial charge in [-0.15, -0.1) is 0 Å². The van der Waals surface area contributed by atoms with E-state index in [-0.39, 0.29) is 0 Å². The molecule has 126 valence electrons. The van der Waals surface area contributed by atoms with E-state index in [1.54, 1.807) is 5.56 Å². The van der Waals surface area contributed by atoms with Gasteiger partial charge in [0.1, 0.15) is 11.9 Å². The molecule has 2 aliphatic rings. The molecule has 2 aromatic carbocycles. The first-order valence-corrected chi connectivity index (χ1v) is 9.19. The first-order chi connectivity index (χ1) is 11.7. The molecule has 2 aromatic rings. The van der Waals surface area contributed by atoms with Crippen molar-refractivity contribution in [2.24, 2.45) is 0 Å². The monoisotopic (exact) mass is 322 g/mol. The molecule has 0 radical (unpaired) electrons. The van der Waals surface area contributed by atoms with E-state index in [4.69, 9.17) is 9.47 Å². The van der Waals surface area contributed by atoms with E-state index in [9.17, 15) is 0 Å². The number of fused-ring (bicyclic) bond motifs is 1. The van der Waals surface area contributed by atoms with Crippen molar-refractivity contribution in [1.82, 2.24) is 0 Å². The van der Waals surface area contributed by atoms with Gasteiger partial charge in [-0.05, 0) is 78.6 Å². The molecule has 0 bridgehead atoms. The van der Waals surface area contributed by atoms with Gasteiger partial charge in [-0.1, -0.05) is 18.2 Å². The molecule has 24 heavy (non-hydrogen) atoms. The summed E-state index contributed by atoms with van der Waals surface area (Å²) in [6.07, 6.45) is 6.01. The molecule has 4 rings (SSSR count). The standard InChI is InChI=1S/C22H26O2/c1-15-13-19(24-18-9-11-23-12-10-18)14-16(2)22(15)21-8-4-6-17-5-3-7-20(17)21/h4,6,8,13-14,18H,3,5,7,9-12H2,1-2H3. The van der Waals surface area contributed by atoms with Gasteiger partial charge in [0.05, 0.1) is 13.2 Å². The summed E-state index contributed by atoms with van der Waals surface area (Å²) < 4.78 is 11.6. The Bertz CT molecular complexity index is 719. The molecule has 0 unspecified atom stereocenters. The highest BCUT2D eigenvalue weighted by Crippen LogP contribution is 2.37. The Balaban J connectivity index is 1.67. The minimum Gasteiger partial charge on any atom is -0.490 e. The number of aryl methyl sites for hydroxylation is 3. The topological polar surface area (TPSA) is 18.5 Å². The summed E-state index contributed by atoms with van der Waals surface area (Å²) in [7, 11) is 0. The number of hydrogen-bond acceptors (Lipinski definition) is 2. The van der Waals surface area contributed by atoms with Crippen LogP contribution in [0.5, 0.6) is 5.75 Å². The predicted molar refractivity (Wildman–Crippen MR) is 97.8 cm³/mol. The first kappa shape index (κ1) is 15.7. The maximum absolute atomic E-state index is 6.22. The molecule has 1 fully saturated rings. The number of benzene rings is 2. The molecular weight excluding hydrogens is 296 g/mol. The van der Waals surface area contributed by atoms with Crippen LogP contribution in [0.3, 0.4) is 0 Å². The van der Waals surface area contributed by atoms with E-state index in [1.165, 1.54) is 47.1 Å². The molecule has 0 spiro atoms. The van der Waals surface area contributed by atoms with Crippen LogP contribution in [0.25, 0.3) is 11.1 Å². The summed E-state index contributed by atoms with van der Waals surface area (Å²) in [4.78, 5) is 0. The van der Waals surface area contributed by atoms with Crippen LogP contribution in [0.15, 0.2) is 30.3 Å². The Morgan fingerprint density at radius 2 is 1.75 bits per heavy atom. The molecule has 1 aliphatic carbocycles. The van der Waals surface area contributed by atoms with E-state index < -0.39 is 0 Å². The van der Waals surface area contributed by atoms with Gasteiger partial charge >= 0.3 is 0 Å². The zero-order valence-corrected chi connectivity index (χ0v) is 14.7. The second kappa shape index (κ2) is 6.60. The zero-order chi connectivity index (χ0) is 16.5. The minimum atomic E-state index is 0.296. The SMILES string of the molecule is Cc1cc(OC2CCOCC2)cc(C)c1-c1cccc2c1CCC2. The highest BCUT2D eigenvalue weighted by molar-refractivity contribution is 5.76. The number of hydrogen-bond donors (Lipinski definition) is 0. The fourth-order valence-corrected chi connectivity index (χ4v) is 4.26. The smallest absolute Gasteiger partial charge is 0.120 e. The van der Waals surface area contributed by atoms with Crippen molar-refractivity contribution in [3.63, 3.8) is 0 Å². The highest BCUT2D eigenvalue weighted by Gasteiger charge is 2.20. The Morgan fingerprint density at radius 3 is 2.50 bits per heavy atom. The maximum Gasteiger partial charge on any atom is 0.120 e. The van der Waals surface area contributed by atoms with Gasteiger partial charge in [-0.3, -0.25) is 0 Å². The molecule has 1 aliphatic heterocycles. The van der Waals surface area contributed by atoms with Gasteiger partial charge in [0.2, 0.25) is 0 Å². The van der Waals surface area contributed by atoms with Gasteiger partial charge < -0.3 is 9.47 Å². The lowest BCUT2D eigenvalue weighted by Crippen LogP contribution is -2.25. The molecule has 0 atom stereocenters. The maximum atomic E-state index is 6.22.